The molecule has 0 spiro atoms. The van der Waals surface area contributed by atoms with Gasteiger partial charge < -0.3 is 0 Å². The van der Waals surface area contributed by atoms with Gasteiger partial charge in [-0.1, -0.05) is 71.0 Å². The highest BCUT2D eigenvalue weighted by Crippen LogP contribution is 2.18. The smallest absolute Gasteiger partial charge is 0.0697 e. The molecule has 0 fully saturated rings. The van der Waals surface area contributed by atoms with Gasteiger partial charge in [0.1, 0.15) is 7.85 Å². The lowest BCUT2D eigenvalue weighted by atomic mass is 9.79. The van der Waals surface area contributed by atoms with Crippen molar-refractivity contribution in [3.63, 3.8) is 0 Å². The van der Waals surface area contributed by atoms with Gasteiger partial charge in [-0.25, -0.2) is 0 Å². The van der Waals surface area contributed by atoms with Crippen LogP contribution in [-0.4, -0.2) is 7.85 Å². The van der Waals surface area contributed by atoms with Gasteiger partial charge in [-0.05, 0) is 0 Å². The first-order valence-electron chi connectivity index (χ1n) is 5.81. The molecule has 0 nitrogen and oxygen atoms in total. The molecular weight excluding hydrogens is 143 g/mol. The highest BCUT2D eigenvalue weighted by Gasteiger charge is 2.00. The van der Waals surface area contributed by atoms with Crippen molar-refractivity contribution in [3.8, 4) is 0 Å². The Kier molecular flexibility index (Phi) is 9.20. The molecule has 0 aliphatic rings. The molecule has 0 aliphatic heterocycles. The second kappa shape index (κ2) is 9.16. The standard InChI is InChI=1S/C11H25B/c1-3-5-7-9-11(12)10-8-6-4-2/h11H,3-10,12H2,1-2H3. The molecule has 0 amide bonds. The van der Waals surface area contributed by atoms with Crippen molar-refractivity contribution in [2.75, 3.05) is 0 Å². The molecule has 0 aliphatic carbocycles. The fourth-order valence-electron chi connectivity index (χ4n) is 1.63. The minimum absolute atomic E-state index is 0.975. The van der Waals surface area contributed by atoms with Crippen molar-refractivity contribution in [3.05, 3.63) is 0 Å². The Bertz CT molecular complexity index is 71.1. The summed E-state index contributed by atoms with van der Waals surface area (Å²) >= 11 is 0. The van der Waals surface area contributed by atoms with Gasteiger partial charge in [0.2, 0.25) is 0 Å². The van der Waals surface area contributed by atoms with Gasteiger partial charge in [-0.3, -0.25) is 0 Å². The summed E-state index contributed by atoms with van der Waals surface area (Å²) in [7, 11) is 2.41. The predicted molar refractivity (Wildman–Crippen MR) is 60.6 cm³/mol. The fraction of sp³-hybridized carbons (Fsp3) is 1.00. The van der Waals surface area contributed by atoms with Gasteiger partial charge in [-0.15, -0.1) is 0 Å². The van der Waals surface area contributed by atoms with E-state index in [2.05, 4.69) is 21.7 Å². The van der Waals surface area contributed by atoms with E-state index in [9.17, 15) is 0 Å². The highest BCUT2D eigenvalue weighted by molar-refractivity contribution is 6.11. The van der Waals surface area contributed by atoms with Gasteiger partial charge in [0.15, 0.2) is 0 Å². The Hall–Kier alpha value is 0.0649. The minimum Gasteiger partial charge on any atom is -0.0697 e. The highest BCUT2D eigenvalue weighted by atomic mass is 14.0. The largest absolute Gasteiger partial charge is 0.105 e. The van der Waals surface area contributed by atoms with Crippen LogP contribution in [0.1, 0.15) is 65.2 Å². The summed E-state index contributed by atoms with van der Waals surface area (Å²) in [6.07, 6.45) is 11.4. The lowest BCUT2D eigenvalue weighted by Gasteiger charge is -2.09. The SMILES string of the molecule is BC(CCCCC)CCCCC. The summed E-state index contributed by atoms with van der Waals surface area (Å²) in [5.74, 6) is 0.975. The second-order valence-corrected chi connectivity index (χ2v) is 4.10. The second-order valence-electron chi connectivity index (χ2n) is 4.10. The van der Waals surface area contributed by atoms with Crippen molar-refractivity contribution in [2.24, 2.45) is 0 Å². The molecule has 0 radical (unpaired) electrons. The summed E-state index contributed by atoms with van der Waals surface area (Å²) in [5.41, 5.74) is 0. The van der Waals surface area contributed by atoms with Crippen LogP contribution in [0.25, 0.3) is 0 Å². The Balaban J connectivity index is 3.04. The Morgan fingerprint density at radius 2 is 1.25 bits per heavy atom. The fourth-order valence-corrected chi connectivity index (χ4v) is 1.63. The van der Waals surface area contributed by atoms with Crippen molar-refractivity contribution in [2.45, 2.75) is 71.0 Å². The average Bonchev–Trinajstić information content (AvgIpc) is 2.06. The van der Waals surface area contributed by atoms with Gasteiger partial charge >= 0.3 is 0 Å². The summed E-state index contributed by atoms with van der Waals surface area (Å²) in [6.45, 7) is 4.56. The number of rotatable bonds is 8. The third-order valence-electron chi connectivity index (χ3n) is 2.60. The molecular formula is C11H25B. The van der Waals surface area contributed by atoms with Gasteiger partial charge in [-0.2, -0.15) is 0 Å². The Morgan fingerprint density at radius 3 is 1.58 bits per heavy atom. The van der Waals surface area contributed by atoms with Crippen LogP contribution in [0.4, 0.5) is 0 Å². The van der Waals surface area contributed by atoms with Crippen molar-refractivity contribution >= 4 is 7.85 Å². The molecule has 0 rings (SSSR count). The first-order chi connectivity index (χ1) is 5.81. The maximum atomic E-state index is 2.41. The van der Waals surface area contributed by atoms with Crippen LogP contribution in [0.5, 0.6) is 0 Å². The zero-order valence-electron chi connectivity index (χ0n) is 9.23. The molecule has 0 aromatic carbocycles. The van der Waals surface area contributed by atoms with Gasteiger partial charge in [0.25, 0.3) is 0 Å². The maximum absolute atomic E-state index is 2.41. The molecule has 0 unspecified atom stereocenters. The Morgan fingerprint density at radius 1 is 0.833 bits per heavy atom. The van der Waals surface area contributed by atoms with E-state index in [0.717, 1.165) is 5.82 Å². The molecule has 0 aromatic heterocycles. The number of hydrogen-bond acceptors (Lipinski definition) is 0. The van der Waals surface area contributed by atoms with E-state index in [4.69, 9.17) is 0 Å². The van der Waals surface area contributed by atoms with E-state index in [-0.39, 0.29) is 0 Å². The molecule has 1 heteroatoms. The van der Waals surface area contributed by atoms with E-state index in [1.807, 2.05) is 0 Å². The summed E-state index contributed by atoms with van der Waals surface area (Å²) in [5, 5.41) is 0. The molecule has 12 heavy (non-hydrogen) atoms. The number of unbranched alkanes of at least 4 members (excludes halogenated alkanes) is 4. The van der Waals surface area contributed by atoms with E-state index >= 15 is 0 Å². The zero-order chi connectivity index (χ0) is 9.23. The molecule has 0 N–H and O–H groups in total. The first-order valence-corrected chi connectivity index (χ1v) is 5.81. The van der Waals surface area contributed by atoms with E-state index < -0.39 is 0 Å². The van der Waals surface area contributed by atoms with Crippen LogP contribution < -0.4 is 0 Å². The summed E-state index contributed by atoms with van der Waals surface area (Å²) in [6, 6.07) is 0. The lowest BCUT2D eigenvalue weighted by molar-refractivity contribution is 0.572. The quantitative estimate of drug-likeness (QED) is 0.384. The van der Waals surface area contributed by atoms with Gasteiger partial charge in [0.05, 0.1) is 0 Å². The van der Waals surface area contributed by atoms with Crippen molar-refractivity contribution < 1.29 is 0 Å². The molecule has 0 saturated heterocycles. The lowest BCUT2D eigenvalue weighted by Crippen LogP contribution is -1.92. The zero-order valence-corrected chi connectivity index (χ0v) is 9.23. The minimum atomic E-state index is 0.975. The van der Waals surface area contributed by atoms with Crippen LogP contribution in [0.3, 0.4) is 0 Å². The Labute approximate surface area is 79.5 Å². The average molecular weight is 168 g/mol. The van der Waals surface area contributed by atoms with Crippen LogP contribution >= 0.6 is 0 Å². The topological polar surface area (TPSA) is 0 Å². The van der Waals surface area contributed by atoms with Crippen LogP contribution in [0.2, 0.25) is 5.82 Å². The molecule has 0 saturated carbocycles. The van der Waals surface area contributed by atoms with E-state index in [1.165, 1.54) is 51.4 Å². The molecule has 0 bridgehead atoms. The normalized spacial score (nSPS) is 10.9. The predicted octanol–water partition coefficient (Wildman–Crippen LogP) is 3.57. The summed E-state index contributed by atoms with van der Waals surface area (Å²) < 4.78 is 0. The third-order valence-corrected chi connectivity index (χ3v) is 2.60. The maximum Gasteiger partial charge on any atom is 0.105 e. The van der Waals surface area contributed by atoms with Crippen LogP contribution in [0, 0.1) is 0 Å². The first kappa shape index (κ1) is 12.1. The van der Waals surface area contributed by atoms with E-state index in [1.54, 1.807) is 0 Å². The van der Waals surface area contributed by atoms with Crippen molar-refractivity contribution in [1.82, 2.24) is 0 Å². The van der Waals surface area contributed by atoms with Crippen LogP contribution in [-0.2, 0) is 0 Å². The molecule has 72 valence electrons. The third kappa shape index (κ3) is 8.16. The molecule has 0 atom stereocenters. The molecule has 0 heterocycles. The van der Waals surface area contributed by atoms with Gasteiger partial charge in [0, 0.05) is 0 Å². The van der Waals surface area contributed by atoms with Crippen molar-refractivity contribution in [1.29, 1.82) is 0 Å². The number of hydrogen-bond donors (Lipinski definition) is 0. The monoisotopic (exact) mass is 168 g/mol. The van der Waals surface area contributed by atoms with Crippen LogP contribution in [0.15, 0.2) is 0 Å². The molecule has 0 aromatic rings. The van der Waals surface area contributed by atoms with E-state index in [0.29, 0.717) is 0 Å². The summed E-state index contributed by atoms with van der Waals surface area (Å²) in [4.78, 5) is 0.